The smallest absolute Gasteiger partial charge is 0.356 e. The summed E-state index contributed by atoms with van der Waals surface area (Å²) in [6.07, 6.45) is 2.72. The molecule has 0 aliphatic carbocycles. The van der Waals surface area contributed by atoms with Crippen molar-refractivity contribution in [2.45, 2.75) is 13.5 Å². The summed E-state index contributed by atoms with van der Waals surface area (Å²) in [5.41, 5.74) is 0.949. The number of rotatable bonds is 7. The van der Waals surface area contributed by atoms with Gasteiger partial charge in [-0.05, 0) is 24.6 Å². The van der Waals surface area contributed by atoms with Crippen LogP contribution in [-0.2, 0) is 6.54 Å². The first kappa shape index (κ1) is 16.5. The van der Waals surface area contributed by atoms with Gasteiger partial charge in [-0.3, -0.25) is 0 Å². The molecular formula is C16H19N3O4. The van der Waals surface area contributed by atoms with E-state index in [1.807, 2.05) is 30.0 Å². The Kier molecular flexibility index (Phi) is 5.35. The van der Waals surface area contributed by atoms with Crippen LogP contribution in [0.3, 0.4) is 0 Å². The van der Waals surface area contributed by atoms with E-state index in [-0.39, 0.29) is 5.69 Å². The molecule has 0 aliphatic rings. The van der Waals surface area contributed by atoms with Gasteiger partial charge < -0.3 is 19.5 Å². The number of carboxylic acid groups (broad SMARTS) is 1. The van der Waals surface area contributed by atoms with Gasteiger partial charge in [0, 0.05) is 13.1 Å². The lowest BCUT2D eigenvalue weighted by Crippen LogP contribution is -2.23. The number of hydrogen-bond acceptors (Lipinski definition) is 6. The zero-order chi connectivity index (χ0) is 16.8. The van der Waals surface area contributed by atoms with Gasteiger partial charge in [-0.2, -0.15) is 0 Å². The molecule has 7 nitrogen and oxygen atoms in total. The monoisotopic (exact) mass is 317 g/mol. The molecule has 0 saturated heterocycles. The predicted octanol–water partition coefficient (Wildman–Crippen LogP) is 2.22. The highest BCUT2D eigenvalue weighted by Crippen LogP contribution is 2.28. The molecule has 1 aromatic heterocycles. The van der Waals surface area contributed by atoms with Crippen molar-refractivity contribution < 1.29 is 19.4 Å². The van der Waals surface area contributed by atoms with Crippen LogP contribution in [0.1, 0.15) is 23.0 Å². The number of ether oxygens (including phenoxy) is 2. The average Bonchev–Trinajstić information content (AvgIpc) is 2.59. The van der Waals surface area contributed by atoms with Gasteiger partial charge in [0.15, 0.2) is 17.2 Å². The highest BCUT2D eigenvalue weighted by Gasteiger charge is 2.12. The lowest BCUT2D eigenvalue weighted by atomic mass is 10.2. The molecule has 7 heteroatoms. The first-order valence-electron chi connectivity index (χ1n) is 7.10. The molecule has 0 fully saturated rings. The number of aromatic nitrogens is 2. The second kappa shape index (κ2) is 7.44. The molecule has 0 spiro atoms. The van der Waals surface area contributed by atoms with E-state index in [0.29, 0.717) is 30.4 Å². The van der Waals surface area contributed by atoms with Crippen molar-refractivity contribution in [3.8, 4) is 11.5 Å². The van der Waals surface area contributed by atoms with Crippen LogP contribution in [0.2, 0.25) is 0 Å². The molecule has 1 N–H and O–H groups in total. The molecule has 1 heterocycles. The molecule has 0 radical (unpaired) electrons. The number of carbonyl (C=O) groups is 1. The average molecular weight is 317 g/mol. The van der Waals surface area contributed by atoms with E-state index in [1.165, 1.54) is 12.4 Å². The second-order valence-corrected chi connectivity index (χ2v) is 4.77. The van der Waals surface area contributed by atoms with E-state index < -0.39 is 5.97 Å². The maximum Gasteiger partial charge on any atom is 0.356 e. The van der Waals surface area contributed by atoms with E-state index in [0.717, 1.165) is 5.56 Å². The van der Waals surface area contributed by atoms with Gasteiger partial charge in [-0.15, -0.1) is 0 Å². The molecule has 0 atom stereocenters. The van der Waals surface area contributed by atoms with Crippen LogP contribution in [0.15, 0.2) is 30.6 Å². The van der Waals surface area contributed by atoms with Crippen LogP contribution in [0.25, 0.3) is 0 Å². The van der Waals surface area contributed by atoms with Crippen LogP contribution in [0.4, 0.5) is 5.82 Å². The van der Waals surface area contributed by atoms with Crippen LogP contribution in [0, 0.1) is 0 Å². The number of hydrogen-bond donors (Lipinski definition) is 1. The number of nitrogens with zero attached hydrogens (tertiary/aromatic N) is 3. The standard InChI is InChI=1S/C16H19N3O4/c1-4-19(15-9-17-12(8-18-15)16(20)21)10-11-5-6-13(22-2)14(7-11)23-3/h5-9H,4,10H2,1-3H3,(H,20,21). The van der Waals surface area contributed by atoms with Crippen molar-refractivity contribution in [1.29, 1.82) is 0 Å². The number of benzene rings is 1. The summed E-state index contributed by atoms with van der Waals surface area (Å²) in [4.78, 5) is 20.9. The summed E-state index contributed by atoms with van der Waals surface area (Å²) in [6, 6.07) is 5.70. The number of anilines is 1. The van der Waals surface area contributed by atoms with E-state index in [4.69, 9.17) is 14.6 Å². The third-order valence-corrected chi connectivity index (χ3v) is 3.38. The van der Waals surface area contributed by atoms with Gasteiger partial charge in [0.1, 0.15) is 5.82 Å². The second-order valence-electron chi connectivity index (χ2n) is 4.77. The summed E-state index contributed by atoms with van der Waals surface area (Å²) >= 11 is 0. The van der Waals surface area contributed by atoms with Gasteiger partial charge in [-0.1, -0.05) is 6.07 Å². The van der Waals surface area contributed by atoms with Gasteiger partial charge in [-0.25, -0.2) is 14.8 Å². The lowest BCUT2D eigenvalue weighted by molar-refractivity contribution is 0.0690. The summed E-state index contributed by atoms with van der Waals surface area (Å²) in [5, 5.41) is 8.87. The summed E-state index contributed by atoms with van der Waals surface area (Å²) in [6.45, 7) is 3.29. The van der Waals surface area contributed by atoms with Crippen LogP contribution in [0.5, 0.6) is 11.5 Å². The Hall–Kier alpha value is -2.83. The molecule has 0 saturated carbocycles. The van der Waals surface area contributed by atoms with Gasteiger partial charge in [0.25, 0.3) is 0 Å². The topological polar surface area (TPSA) is 84.8 Å². The summed E-state index contributed by atoms with van der Waals surface area (Å²) < 4.78 is 10.5. The zero-order valence-corrected chi connectivity index (χ0v) is 13.3. The van der Waals surface area contributed by atoms with E-state index >= 15 is 0 Å². The normalized spacial score (nSPS) is 10.2. The van der Waals surface area contributed by atoms with Crippen molar-refractivity contribution >= 4 is 11.8 Å². The zero-order valence-electron chi connectivity index (χ0n) is 13.3. The van der Waals surface area contributed by atoms with Crippen molar-refractivity contribution in [3.05, 3.63) is 41.9 Å². The van der Waals surface area contributed by atoms with Crippen molar-refractivity contribution in [1.82, 2.24) is 9.97 Å². The minimum Gasteiger partial charge on any atom is -0.493 e. The minimum absolute atomic E-state index is 0.0732. The van der Waals surface area contributed by atoms with Gasteiger partial charge >= 0.3 is 5.97 Å². The molecule has 2 aromatic rings. The highest BCUT2D eigenvalue weighted by atomic mass is 16.5. The third-order valence-electron chi connectivity index (χ3n) is 3.38. The van der Waals surface area contributed by atoms with E-state index in [2.05, 4.69) is 9.97 Å². The lowest BCUT2D eigenvalue weighted by Gasteiger charge is -2.22. The molecule has 0 bridgehead atoms. The summed E-state index contributed by atoms with van der Waals surface area (Å²) in [5.74, 6) is 0.859. The van der Waals surface area contributed by atoms with Crippen LogP contribution < -0.4 is 14.4 Å². The van der Waals surface area contributed by atoms with E-state index in [9.17, 15) is 4.79 Å². The van der Waals surface area contributed by atoms with Gasteiger partial charge in [0.05, 0.1) is 26.6 Å². The van der Waals surface area contributed by atoms with Gasteiger partial charge in [0.2, 0.25) is 0 Å². The van der Waals surface area contributed by atoms with Crippen molar-refractivity contribution in [2.24, 2.45) is 0 Å². The Morgan fingerprint density at radius 3 is 2.43 bits per heavy atom. The van der Waals surface area contributed by atoms with Crippen LogP contribution in [-0.4, -0.2) is 41.8 Å². The fourth-order valence-electron chi connectivity index (χ4n) is 2.15. The first-order chi connectivity index (χ1) is 11.1. The Morgan fingerprint density at radius 1 is 1.17 bits per heavy atom. The molecule has 23 heavy (non-hydrogen) atoms. The SMILES string of the molecule is CCN(Cc1ccc(OC)c(OC)c1)c1cnc(C(=O)O)cn1. The van der Waals surface area contributed by atoms with Crippen molar-refractivity contribution in [3.63, 3.8) is 0 Å². The maximum absolute atomic E-state index is 10.8. The third kappa shape index (κ3) is 3.88. The fourth-order valence-corrected chi connectivity index (χ4v) is 2.15. The number of carboxylic acids is 1. The number of methoxy groups -OCH3 is 2. The molecule has 0 aliphatic heterocycles. The maximum atomic E-state index is 10.8. The molecule has 0 amide bonds. The molecule has 2 rings (SSSR count). The number of aromatic carboxylic acids is 1. The molecule has 1 aromatic carbocycles. The molecule has 122 valence electrons. The predicted molar refractivity (Wildman–Crippen MR) is 85.3 cm³/mol. The first-order valence-corrected chi connectivity index (χ1v) is 7.10. The quantitative estimate of drug-likeness (QED) is 0.838. The molecule has 0 unspecified atom stereocenters. The Labute approximate surface area is 134 Å². The van der Waals surface area contributed by atoms with Crippen molar-refractivity contribution in [2.75, 3.05) is 25.7 Å². The largest absolute Gasteiger partial charge is 0.493 e. The Bertz CT molecular complexity index is 674. The molecular weight excluding hydrogens is 298 g/mol. The fraction of sp³-hybridized carbons (Fsp3) is 0.312. The van der Waals surface area contributed by atoms with E-state index in [1.54, 1.807) is 14.2 Å². The van der Waals surface area contributed by atoms with Crippen LogP contribution >= 0.6 is 0 Å². The Morgan fingerprint density at radius 2 is 1.91 bits per heavy atom. The Balaban J connectivity index is 2.20. The highest BCUT2D eigenvalue weighted by molar-refractivity contribution is 5.84. The summed E-state index contributed by atoms with van der Waals surface area (Å²) in [7, 11) is 3.19. The minimum atomic E-state index is -1.09.